The number of nitrogens with zero attached hydrogens (tertiary/aromatic N) is 1. The molecule has 7 heteroatoms. The quantitative estimate of drug-likeness (QED) is 0.611. The van der Waals surface area contributed by atoms with E-state index in [1.165, 1.54) is 17.0 Å². The molecular formula is C21H17N3O4. The smallest absolute Gasteiger partial charge is 0.271 e. The maximum Gasteiger partial charge on any atom is 0.271 e. The zero-order chi connectivity index (χ0) is 19.8. The number of phenols is 1. The third-order valence-corrected chi connectivity index (χ3v) is 4.71. The van der Waals surface area contributed by atoms with E-state index >= 15 is 0 Å². The van der Waals surface area contributed by atoms with Gasteiger partial charge in [-0.2, -0.15) is 0 Å². The molecule has 0 atom stereocenters. The number of anilines is 1. The maximum absolute atomic E-state index is 13.1. The summed E-state index contributed by atoms with van der Waals surface area (Å²) in [5, 5.41) is 14.9. The van der Waals surface area contributed by atoms with Gasteiger partial charge in [-0.15, -0.1) is 0 Å². The molecule has 0 saturated heterocycles. The molecule has 0 saturated carbocycles. The van der Waals surface area contributed by atoms with Crippen molar-refractivity contribution in [3.05, 3.63) is 80.6 Å². The number of ketones is 1. The first-order valence-electron chi connectivity index (χ1n) is 8.78. The number of benzene rings is 2. The Balaban J connectivity index is 2.03. The number of aromatic nitrogens is 2. The van der Waals surface area contributed by atoms with E-state index in [0.29, 0.717) is 23.4 Å². The van der Waals surface area contributed by atoms with Crippen molar-refractivity contribution in [2.75, 3.05) is 11.4 Å². The van der Waals surface area contributed by atoms with E-state index < -0.39 is 17.2 Å². The van der Waals surface area contributed by atoms with Crippen LogP contribution in [0, 0.1) is 0 Å². The molecule has 0 aliphatic carbocycles. The lowest BCUT2D eigenvalue weighted by molar-refractivity contribution is -0.113. The lowest BCUT2D eigenvalue weighted by Gasteiger charge is -2.28. The maximum atomic E-state index is 13.1. The number of aromatic amines is 2. The van der Waals surface area contributed by atoms with Crippen LogP contribution >= 0.6 is 0 Å². The monoisotopic (exact) mass is 375 g/mol. The molecule has 1 amide bonds. The van der Waals surface area contributed by atoms with E-state index in [2.05, 4.69) is 10.2 Å². The van der Waals surface area contributed by atoms with E-state index in [0.717, 1.165) is 0 Å². The van der Waals surface area contributed by atoms with Gasteiger partial charge < -0.3 is 10.0 Å². The molecule has 0 unspecified atom stereocenters. The first-order valence-corrected chi connectivity index (χ1v) is 8.78. The molecule has 28 heavy (non-hydrogen) atoms. The summed E-state index contributed by atoms with van der Waals surface area (Å²) >= 11 is 0. The summed E-state index contributed by atoms with van der Waals surface area (Å²) in [6.45, 7) is 2.21. The van der Waals surface area contributed by atoms with Crippen LogP contribution in [0.25, 0.3) is 11.6 Å². The standard InChI is InChI=1S/C21H17N3O4/c1-2-24-16-6-4-3-5-14(16)19(26)17(21(24)28)18-15(20(27)23-22-18)11-12-7-9-13(25)10-8-12/h3-11,22,25H,2H2,1H3,(H,23,27)/b15-11-,18-17?. The minimum Gasteiger partial charge on any atom is -0.508 e. The van der Waals surface area contributed by atoms with Crippen LogP contribution in [0.5, 0.6) is 5.75 Å². The number of carbonyl (C=O) groups excluding carboxylic acids is 2. The van der Waals surface area contributed by atoms with Crippen LogP contribution < -0.4 is 21.0 Å². The topological polar surface area (TPSA) is 106 Å². The van der Waals surface area contributed by atoms with Crippen molar-refractivity contribution >= 4 is 29.0 Å². The summed E-state index contributed by atoms with van der Waals surface area (Å²) in [6.07, 6.45) is 1.56. The second-order valence-electron chi connectivity index (χ2n) is 6.37. The summed E-state index contributed by atoms with van der Waals surface area (Å²) in [7, 11) is 0. The van der Waals surface area contributed by atoms with Gasteiger partial charge in [0.15, 0.2) is 0 Å². The molecule has 140 valence electrons. The molecule has 3 aromatic rings. The number of H-pyrrole nitrogens is 2. The molecule has 3 N–H and O–H groups in total. The summed E-state index contributed by atoms with van der Waals surface area (Å²) in [4.78, 5) is 40.0. The Bertz CT molecular complexity index is 1270. The molecule has 2 heterocycles. The van der Waals surface area contributed by atoms with Crippen LogP contribution in [0.2, 0.25) is 0 Å². The number of para-hydroxylation sites is 1. The second-order valence-corrected chi connectivity index (χ2v) is 6.37. The predicted octanol–water partition coefficient (Wildman–Crippen LogP) is 0.637. The second kappa shape index (κ2) is 6.70. The van der Waals surface area contributed by atoms with Crippen LogP contribution in [-0.2, 0) is 4.79 Å². The zero-order valence-electron chi connectivity index (χ0n) is 15.0. The van der Waals surface area contributed by atoms with Crippen LogP contribution in [0.4, 0.5) is 5.69 Å². The number of carbonyl (C=O) groups is 2. The Morgan fingerprint density at radius 2 is 1.71 bits per heavy atom. The first-order chi connectivity index (χ1) is 13.5. The van der Waals surface area contributed by atoms with E-state index in [9.17, 15) is 19.5 Å². The summed E-state index contributed by atoms with van der Waals surface area (Å²) in [5.41, 5.74) is 1.09. The molecule has 0 radical (unpaired) electrons. The van der Waals surface area contributed by atoms with E-state index in [1.54, 1.807) is 42.5 Å². The fraction of sp³-hybridized carbons (Fsp3) is 0.0952. The number of rotatable bonds is 2. The number of nitrogens with one attached hydrogen (secondary N) is 2. The van der Waals surface area contributed by atoms with Crippen molar-refractivity contribution < 1.29 is 14.7 Å². The van der Waals surface area contributed by atoms with Gasteiger partial charge in [-0.1, -0.05) is 24.3 Å². The Hall–Kier alpha value is -3.87. The molecular weight excluding hydrogens is 358 g/mol. The molecule has 1 aliphatic heterocycles. The fourth-order valence-corrected chi connectivity index (χ4v) is 3.35. The van der Waals surface area contributed by atoms with Crippen molar-refractivity contribution in [3.63, 3.8) is 0 Å². The van der Waals surface area contributed by atoms with Crippen molar-refractivity contribution in [1.29, 1.82) is 0 Å². The van der Waals surface area contributed by atoms with Gasteiger partial charge in [-0.3, -0.25) is 24.6 Å². The van der Waals surface area contributed by atoms with Gasteiger partial charge in [0.05, 0.1) is 16.3 Å². The van der Waals surface area contributed by atoms with Crippen LogP contribution in [-0.4, -0.2) is 33.5 Å². The normalized spacial score (nSPS) is 16.5. The van der Waals surface area contributed by atoms with Crippen LogP contribution in [0.3, 0.4) is 0 Å². The number of hydrogen-bond donors (Lipinski definition) is 3. The summed E-state index contributed by atoms with van der Waals surface area (Å²) in [5.74, 6) is -0.787. The van der Waals surface area contributed by atoms with Gasteiger partial charge in [-0.25, -0.2) is 0 Å². The zero-order valence-corrected chi connectivity index (χ0v) is 15.0. The predicted molar refractivity (Wildman–Crippen MR) is 105 cm³/mol. The van der Waals surface area contributed by atoms with Crippen molar-refractivity contribution in [1.82, 2.24) is 10.2 Å². The Morgan fingerprint density at radius 3 is 2.43 bits per heavy atom. The van der Waals surface area contributed by atoms with Gasteiger partial charge in [0.25, 0.3) is 11.5 Å². The molecule has 0 fully saturated rings. The molecule has 7 nitrogen and oxygen atoms in total. The third-order valence-electron chi connectivity index (χ3n) is 4.71. The average molecular weight is 375 g/mol. The fourth-order valence-electron chi connectivity index (χ4n) is 3.35. The molecule has 0 bridgehead atoms. The van der Waals surface area contributed by atoms with Crippen molar-refractivity contribution in [3.8, 4) is 5.75 Å². The van der Waals surface area contributed by atoms with E-state index in [-0.39, 0.29) is 21.9 Å². The minimum absolute atomic E-state index is 0.0797. The van der Waals surface area contributed by atoms with Crippen LogP contribution in [0.1, 0.15) is 22.8 Å². The number of phenolic OH excluding ortho intramolecular Hbond substituents is 1. The van der Waals surface area contributed by atoms with E-state index in [1.807, 2.05) is 6.92 Å². The summed E-state index contributed by atoms with van der Waals surface area (Å²) in [6, 6.07) is 13.2. The molecule has 1 aromatic heterocycles. The Morgan fingerprint density at radius 1 is 1.00 bits per heavy atom. The number of hydrogen-bond acceptors (Lipinski definition) is 4. The van der Waals surface area contributed by atoms with Crippen molar-refractivity contribution in [2.24, 2.45) is 0 Å². The number of Topliss-reactive ketones (excluding diaryl/α,β-unsaturated/α-hetero) is 1. The lowest BCUT2D eigenvalue weighted by atomic mass is 9.94. The molecule has 1 aliphatic rings. The summed E-state index contributed by atoms with van der Waals surface area (Å²) < 4.78 is 0. The van der Waals surface area contributed by atoms with Gasteiger partial charge in [0.1, 0.15) is 11.3 Å². The lowest BCUT2D eigenvalue weighted by Crippen LogP contribution is -2.45. The largest absolute Gasteiger partial charge is 0.508 e. The van der Waals surface area contributed by atoms with Crippen molar-refractivity contribution in [2.45, 2.75) is 6.92 Å². The molecule has 0 spiro atoms. The highest BCUT2D eigenvalue weighted by molar-refractivity contribution is 6.51. The minimum atomic E-state index is -0.457. The Kier molecular flexibility index (Phi) is 4.19. The SMILES string of the molecule is CCN1C(=O)C(=c2[nH][nH]c(=O)/c2=C\c2ccc(O)cc2)C(=O)c2ccccc21. The van der Waals surface area contributed by atoms with E-state index in [4.69, 9.17) is 0 Å². The highest BCUT2D eigenvalue weighted by atomic mass is 16.3. The highest BCUT2D eigenvalue weighted by Gasteiger charge is 2.35. The van der Waals surface area contributed by atoms with Gasteiger partial charge >= 0.3 is 0 Å². The van der Waals surface area contributed by atoms with Gasteiger partial charge in [0.2, 0.25) is 5.78 Å². The molecule has 4 rings (SSSR count). The first kappa shape index (κ1) is 17.5. The number of amides is 1. The highest BCUT2D eigenvalue weighted by Crippen LogP contribution is 2.29. The van der Waals surface area contributed by atoms with Gasteiger partial charge in [0, 0.05) is 12.1 Å². The number of aromatic hydroxyl groups is 1. The van der Waals surface area contributed by atoms with Gasteiger partial charge in [-0.05, 0) is 42.8 Å². The third kappa shape index (κ3) is 2.73. The Labute approximate surface area is 159 Å². The average Bonchev–Trinajstić information content (AvgIpc) is 3.04. The molecule has 2 aromatic carbocycles. The number of fused-ring (bicyclic) bond motifs is 1. The van der Waals surface area contributed by atoms with Crippen LogP contribution in [0.15, 0.2) is 53.3 Å².